The lowest BCUT2D eigenvalue weighted by atomic mass is 9.66. The SMILES string of the molecule is CC1=NN(c2ccccc2)C(=O)[C@@]12Cc1ccc(Cl)cc1N1CCCC[C@H]12. The number of hydrogen-bond acceptors (Lipinski definition) is 3. The van der Waals surface area contributed by atoms with Gasteiger partial charge in [0.05, 0.1) is 11.4 Å². The second-order valence-electron chi connectivity index (χ2n) is 7.76. The highest BCUT2D eigenvalue weighted by atomic mass is 35.5. The van der Waals surface area contributed by atoms with Crippen LogP contribution >= 0.6 is 11.6 Å². The molecule has 3 aliphatic heterocycles. The summed E-state index contributed by atoms with van der Waals surface area (Å²) in [6.07, 6.45) is 3.99. The van der Waals surface area contributed by atoms with Crippen molar-refractivity contribution in [2.24, 2.45) is 10.5 Å². The Morgan fingerprint density at radius 3 is 2.78 bits per heavy atom. The van der Waals surface area contributed by atoms with Gasteiger partial charge in [-0.3, -0.25) is 4.79 Å². The molecule has 2 atom stereocenters. The van der Waals surface area contributed by atoms with Crippen LogP contribution in [0.2, 0.25) is 5.02 Å². The van der Waals surface area contributed by atoms with E-state index in [0.29, 0.717) is 6.42 Å². The van der Waals surface area contributed by atoms with Crippen molar-refractivity contribution in [3.05, 3.63) is 59.1 Å². The molecule has 1 amide bonds. The van der Waals surface area contributed by atoms with Crippen LogP contribution in [-0.4, -0.2) is 24.2 Å². The molecule has 5 heteroatoms. The molecule has 27 heavy (non-hydrogen) atoms. The van der Waals surface area contributed by atoms with Gasteiger partial charge in [0, 0.05) is 23.3 Å². The maximum Gasteiger partial charge on any atom is 0.261 e. The molecule has 0 bridgehead atoms. The molecule has 0 saturated carbocycles. The number of fused-ring (bicyclic) bond motifs is 4. The van der Waals surface area contributed by atoms with Gasteiger partial charge < -0.3 is 4.90 Å². The van der Waals surface area contributed by atoms with E-state index in [1.807, 2.05) is 43.3 Å². The standard InChI is InChI=1S/C22H22ClN3O/c1-15-22(21(27)26(24-15)18-7-3-2-4-8-18)14-16-10-11-17(23)13-19(16)25-12-6-5-9-20(22)25/h2-4,7-8,10-11,13,20H,5-6,9,12,14H2,1H3/t20-,22-/m0/s1. The molecule has 2 aromatic rings. The molecule has 4 nitrogen and oxygen atoms in total. The number of halogens is 1. The fourth-order valence-corrected chi connectivity index (χ4v) is 5.23. The molecule has 3 aliphatic rings. The smallest absolute Gasteiger partial charge is 0.261 e. The van der Waals surface area contributed by atoms with Gasteiger partial charge in [-0.2, -0.15) is 10.1 Å². The number of benzene rings is 2. The molecule has 5 rings (SSSR count). The van der Waals surface area contributed by atoms with Gasteiger partial charge in [-0.05, 0) is 62.4 Å². The van der Waals surface area contributed by atoms with Gasteiger partial charge in [-0.15, -0.1) is 0 Å². The molecule has 2 aromatic carbocycles. The van der Waals surface area contributed by atoms with Crippen molar-refractivity contribution in [2.45, 2.75) is 38.6 Å². The van der Waals surface area contributed by atoms with Crippen molar-refractivity contribution in [1.82, 2.24) is 0 Å². The third-order valence-corrected chi connectivity index (χ3v) is 6.60. The molecule has 0 radical (unpaired) electrons. The van der Waals surface area contributed by atoms with Gasteiger partial charge in [0.15, 0.2) is 0 Å². The number of carbonyl (C=O) groups is 1. The lowest BCUT2D eigenvalue weighted by Crippen LogP contribution is -2.61. The highest BCUT2D eigenvalue weighted by molar-refractivity contribution is 6.31. The predicted octanol–water partition coefficient (Wildman–Crippen LogP) is 4.66. The second kappa shape index (κ2) is 6.10. The van der Waals surface area contributed by atoms with Crippen LogP contribution in [0.3, 0.4) is 0 Å². The zero-order valence-corrected chi connectivity index (χ0v) is 16.1. The third kappa shape index (κ3) is 2.36. The first kappa shape index (κ1) is 16.8. The third-order valence-electron chi connectivity index (χ3n) is 6.37. The topological polar surface area (TPSA) is 35.9 Å². The van der Waals surface area contributed by atoms with Crippen LogP contribution in [0.25, 0.3) is 0 Å². The number of anilines is 2. The van der Waals surface area contributed by atoms with Crippen LogP contribution in [0.5, 0.6) is 0 Å². The zero-order valence-electron chi connectivity index (χ0n) is 15.4. The lowest BCUT2D eigenvalue weighted by molar-refractivity contribution is -0.125. The van der Waals surface area contributed by atoms with Gasteiger partial charge in [0.2, 0.25) is 0 Å². The first-order chi connectivity index (χ1) is 13.1. The van der Waals surface area contributed by atoms with Crippen molar-refractivity contribution in [2.75, 3.05) is 16.5 Å². The highest BCUT2D eigenvalue weighted by Gasteiger charge is 2.59. The first-order valence-corrected chi connectivity index (χ1v) is 9.99. The second-order valence-corrected chi connectivity index (χ2v) is 8.20. The Hall–Kier alpha value is -2.33. The normalized spacial score (nSPS) is 26.8. The maximum absolute atomic E-state index is 13.8. The minimum atomic E-state index is -0.586. The Balaban J connectivity index is 1.64. The largest absolute Gasteiger partial charge is 0.367 e. The van der Waals surface area contributed by atoms with Crippen LogP contribution in [0.15, 0.2) is 53.6 Å². The van der Waals surface area contributed by atoms with Gasteiger partial charge >= 0.3 is 0 Å². The van der Waals surface area contributed by atoms with Gasteiger partial charge in [0.25, 0.3) is 5.91 Å². The van der Waals surface area contributed by atoms with E-state index in [1.165, 1.54) is 11.3 Å². The van der Waals surface area contributed by atoms with Gasteiger partial charge in [-0.25, -0.2) is 0 Å². The molecular formula is C22H22ClN3O. The Kier molecular flexibility index (Phi) is 3.80. The highest BCUT2D eigenvalue weighted by Crippen LogP contribution is 2.50. The number of para-hydroxylation sites is 1. The van der Waals surface area contributed by atoms with Gasteiger partial charge in [-0.1, -0.05) is 35.9 Å². The van der Waals surface area contributed by atoms with E-state index in [1.54, 1.807) is 5.01 Å². The molecule has 0 aromatic heterocycles. The molecule has 0 aliphatic carbocycles. The summed E-state index contributed by atoms with van der Waals surface area (Å²) in [5.41, 5.74) is 3.56. The van der Waals surface area contributed by atoms with E-state index >= 15 is 0 Å². The average Bonchev–Trinajstić information content (AvgIpc) is 2.95. The quantitative estimate of drug-likeness (QED) is 0.722. The molecule has 1 fully saturated rings. The van der Waals surface area contributed by atoms with Crippen LogP contribution < -0.4 is 9.91 Å². The minimum absolute atomic E-state index is 0.101. The molecule has 1 spiro atoms. The maximum atomic E-state index is 13.8. The number of rotatable bonds is 1. The van der Waals surface area contributed by atoms with Crippen molar-refractivity contribution >= 4 is 34.6 Å². The number of carbonyl (C=O) groups excluding carboxylic acids is 1. The fraction of sp³-hybridized carbons (Fsp3) is 0.364. The van der Waals surface area contributed by atoms with Crippen LogP contribution in [0.1, 0.15) is 31.7 Å². The summed E-state index contributed by atoms with van der Waals surface area (Å²) in [6.45, 7) is 2.99. The minimum Gasteiger partial charge on any atom is -0.367 e. The monoisotopic (exact) mass is 379 g/mol. The number of amides is 1. The lowest BCUT2D eigenvalue weighted by Gasteiger charge is -2.51. The Labute approximate surface area is 164 Å². The fourth-order valence-electron chi connectivity index (χ4n) is 5.06. The van der Waals surface area contributed by atoms with Crippen LogP contribution in [-0.2, 0) is 11.2 Å². The molecular weight excluding hydrogens is 358 g/mol. The molecule has 0 N–H and O–H groups in total. The number of nitrogens with zero attached hydrogens (tertiary/aromatic N) is 3. The van der Waals surface area contributed by atoms with Crippen LogP contribution in [0.4, 0.5) is 11.4 Å². The summed E-state index contributed by atoms with van der Waals surface area (Å²) < 4.78 is 0. The predicted molar refractivity (Wildman–Crippen MR) is 110 cm³/mol. The number of hydrazone groups is 1. The first-order valence-electron chi connectivity index (χ1n) is 9.61. The zero-order chi connectivity index (χ0) is 18.6. The molecule has 1 saturated heterocycles. The Bertz CT molecular complexity index is 942. The van der Waals surface area contributed by atoms with Crippen molar-refractivity contribution < 1.29 is 4.79 Å². The van der Waals surface area contributed by atoms with Crippen molar-refractivity contribution in [1.29, 1.82) is 0 Å². The van der Waals surface area contributed by atoms with E-state index < -0.39 is 5.41 Å². The molecule has 0 unspecified atom stereocenters. The summed E-state index contributed by atoms with van der Waals surface area (Å²) in [4.78, 5) is 16.2. The van der Waals surface area contributed by atoms with Crippen molar-refractivity contribution in [3.63, 3.8) is 0 Å². The van der Waals surface area contributed by atoms with Gasteiger partial charge in [0.1, 0.15) is 5.41 Å². The van der Waals surface area contributed by atoms with Crippen LogP contribution in [0, 0.1) is 5.41 Å². The molecule has 138 valence electrons. The summed E-state index contributed by atoms with van der Waals surface area (Å²) >= 11 is 6.29. The average molecular weight is 380 g/mol. The number of hydrogen-bond donors (Lipinski definition) is 0. The summed E-state index contributed by atoms with van der Waals surface area (Å²) in [7, 11) is 0. The summed E-state index contributed by atoms with van der Waals surface area (Å²) in [5, 5.41) is 7.11. The van der Waals surface area contributed by atoms with E-state index in [9.17, 15) is 4.79 Å². The van der Waals surface area contributed by atoms with Crippen molar-refractivity contribution in [3.8, 4) is 0 Å². The summed E-state index contributed by atoms with van der Waals surface area (Å²) in [6, 6.07) is 16.0. The van der Waals surface area contributed by atoms with E-state index in [-0.39, 0.29) is 11.9 Å². The summed E-state index contributed by atoms with van der Waals surface area (Å²) in [5.74, 6) is 0.101. The van der Waals surface area contributed by atoms with E-state index in [4.69, 9.17) is 16.7 Å². The Morgan fingerprint density at radius 2 is 1.96 bits per heavy atom. The van der Waals surface area contributed by atoms with E-state index in [2.05, 4.69) is 17.0 Å². The number of piperidine rings is 1. The Morgan fingerprint density at radius 1 is 1.15 bits per heavy atom. The van der Waals surface area contributed by atoms with E-state index in [0.717, 1.165) is 42.2 Å². The molecule has 3 heterocycles.